The number of pyridine rings is 1. The number of hydrogen-bond acceptors (Lipinski definition) is 2. The molecule has 1 aromatic carbocycles. The topological polar surface area (TPSA) is 22.1 Å². The van der Waals surface area contributed by atoms with Gasteiger partial charge < -0.3 is 4.74 Å². The van der Waals surface area contributed by atoms with Crippen LogP contribution in [-0.4, -0.2) is 4.98 Å². The van der Waals surface area contributed by atoms with Gasteiger partial charge in [0.15, 0.2) is 0 Å². The second-order valence-electron chi connectivity index (χ2n) is 4.60. The van der Waals surface area contributed by atoms with E-state index in [4.69, 9.17) is 16.3 Å². The van der Waals surface area contributed by atoms with E-state index in [0.717, 1.165) is 17.1 Å². The zero-order chi connectivity index (χ0) is 13.1. The molecule has 18 heavy (non-hydrogen) atoms. The highest BCUT2D eigenvalue weighted by Gasteiger charge is 2.04. The number of nitrogens with zero attached hydrogens (tertiary/aromatic N) is 1. The van der Waals surface area contributed by atoms with Gasteiger partial charge in [0.05, 0.1) is 6.20 Å². The van der Waals surface area contributed by atoms with Gasteiger partial charge in [0.1, 0.15) is 16.7 Å². The molecule has 94 valence electrons. The first kappa shape index (κ1) is 12.9. The van der Waals surface area contributed by atoms with Gasteiger partial charge >= 0.3 is 0 Å². The van der Waals surface area contributed by atoms with Crippen LogP contribution in [0.3, 0.4) is 0 Å². The molecule has 0 aliphatic heterocycles. The minimum atomic E-state index is 0.481. The van der Waals surface area contributed by atoms with Crippen LogP contribution in [0.15, 0.2) is 36.5 Å². The molecule has 1 heterocycles. The Hall–Kier alpha value is -1.54. The minimum absolute atomic E-state index is 0.481. The molecule has 0 atom stereocenters. The van der Waals surface area contributed by atoms with Crippen molar-refractivity contribution in [1.82, 2.24) is 4.98 Å². The van der Waals surface area contributed by atoms with Gasteiger partial charge in [-0.05, 0) is 42.2 Å². The Labute approximate surface area is 113 Å². The monoisotopic (exact) mass is 261 g/mol. The van der Waals surface area contributed by atoms with E-state index in [9.17, 15) is 0 Å². The first-order valence-corrected chi connectivity index (χ1v) is 6.34. The molecule has 1 aromatic heterocycles. The van der Waals surface area contributed by atoms with E-state index >= 15 is 0 Å². The number of halogens is 1. The summed E-state index contributed by atoms with van der Waals surface area (Å²) in [6.07, 6.45) is 1.65. The number of benzene rings is 1. The lowest BCUT2D eigenvalue weighted by Crippen LogP contribution is -1.91. The third-order valence-electron chi connectivity index (χ3n) is 2.80. The highest BCUT2D eigenvalue weighted by molar-refractivity contribution is 6.29. The van der Waals surface area contributed by atoms with Crippen LogP contribution in [0.25, 0.3) is 0 Å². The summed E-state index contributed by atoms with van der Waals surface area (Å²) in [5.74, 6) is 2.07. The number of hydrogen-bond donors (Lipinski definition) is 0. The zero-order valence-corrected chi connectivity index (χ0v) is 11.5. The molecule has 0 aliphatic carbocycles. The van der Waals surface area contributed by atoms with Crippen molar-refractivity contribution < 1.29 is 4.74 Å². The van der Waals surface area contributed by atoms with Crippen LogP contribution >= 0.6 is 11.6 Å². The van der Waals surface area contributed by atoms with Crippen molar-refractivity contribution in [3.05, 3.63) is 52.8 Å². The molecule has 0 spiro atoms. The normalized spacial score (nSPS) is 10.7. The third kappa shape index (κ3) is 3.02. The average molecular weight is 262 g/mol. The van der Waals surface area contributed by atoms with E-state index in [2.05, 4.69) is 31.0 Å². The van der Waals surface area contributed by atoms with Crippen molar-refractivity contribution in [3.63, 3.8) is 0 Å². The first-order valence-electron chi connectivity index (χ1n) is 5.96. The number of aryl methyl sites for hydroxylation is 1. The quantitative estimate of drug-likeness (QED) is 0.729. The summed E-state index contributed by atoms with van der Waals surface area (Å²) in [6, 6.07) is 9.91. The highest BCUT2D eigenvalue weighted by atomic mass is 35.5. The molecule has 0 aliphatic rings. The van der Waals surface area contributed by atoms with Gasteiger partial charge in [-0.2, -0.15) is 0 Å². The molecule has 0 unspecified atom stereocenters. The Morgan fingerprint density at radius 3 is 2.39 bits per heavy atom. The first-order chi connectivity index (χ1) is 8.56. The number of aromatic nitrogens is 1. The Kier molecular flexibility index (Phi) is 3.87. The average Bonchev–Trinajstić information content (AvgIpc) is 2.33. The van der Waals surface area contributed by atoms with Crippen LogP contribution in [-0.2, 0) is 0 Å². The Bertz CT molecular complexity index is 535. The summed E-state index contributed by atoms with van der Waals surface area (Å²) < 4.78 is 5.78. The van der Waals surface area contributed by atoms with Crippen molar-refractivity contribution in [3.8, 4) is 11.5 Å². The molecule has 0 saturated carbocycles. The van der Waals surface area contributed by atoms with Crippen molar-refractivity contribution in [2.75, 3.05) is 0 Å². The maximum Gasteiger partial charge on any atom is 0.148 e. The molecule has 0 fully saturated rings. The lowest BCUT2D eigenvalue weighted by molar-refractivity contribution is 0.476. The molecule has 0 saturated heterocycles. The molecular formula is C15H16ClNO. The second kappa shape index (κ2) is 5.40. The minimum Gasteiger partial charge on any atom is -0.455 e. The maximum absolute atomic E-state index is 5.81. The van der Waals surface area contributed by atoms with Gasteiger partial charge in [-0.1, -0.05) is 37.6 Å². The lowest BCUT2D eigenvalue weighted by atomic mass is 10.0. The van der Waals surface area contributed by atoms with Crippen LogP contribution in [0.2, 0.25) is 5.15 Å². The molecule has 0 N–H and O–H groups in total. The van der Waals surface area contributed by atoms with E-state index in [-0.39, 0.29) is 0 Å². The Morgan fingerprint density at radius 1 is 1.17 bits per heavy atom. The fraction of sp³-hybridized carbons (Fsp3) is 0.267. The molecule has 3 heteroatoms. The van der Waals surface area contributed by atoms with Gasteiger partial charge in [0.2, 0.25) is 0 Å². The van der Waals surface area contributed by atoms with E-state index in [1.165, 1.54) is 5.56 Å². The van der Waals surface area contributed by atoms with E-state index in [0.29, 0.717) is 11.1 Å². The SMILES string of the molecule is Cc1cc(Cl)ncc1Oc1ccc(C(C)C)cc1. The predicted molar refractivity (Wildman–Crippen MR) is 74.6 cm³/mol. The van der Waals surface area contributed by atoms with Crippen LogP contribution in [0.1, 0.15) is 30.9 Å². The molecule has 0 bridgehead atoms. The molecule has 0 amide bonds. The molecule has 2 nitrogen and oxygen atoms in total. The molecular weight excluding hydrogens is 246 g/mol. The van der Waals surface area contributed by atoms with Crippen LogP contribution in [0.4, 0.5) is 0 Å². The maximum atomic E-state index is 5.81. The van der Waals surface area contributed by atoms with Gasteiger partial charge in [0, 0.05) is 0 Å². The fourth-order valence-electron chi connectivity index (χ4n) is 1.66. The molecule has 2 aromatic rings. The summed E-state index contributed by atoms with van der Waals surface area (Å²) in [6.45, 7) is 6.29. The van der Waals surface area contributed by atoms with Gasteiger partial charge in [-0.15, -0.1) is 0 Å². The van der Waals surface area contributed by atoms with Gasteiger partial charge in [0.25, 0.3) is 0 Å². The van der Waals surface area contributed by atoms with Crippen molar-refractivity contribution in [1.29, 1.82) is 0 Å². The predicted octanol–water partition coefficient (Wildman–Crippen LogP) is 4.96. The lowest BCUT2D eigenvalue weighted by Gasteiger charge is -2.10. The summed E-state index contributed by atoms with van der Waals surface area (Å²) in [5, 5.41) is 0.481. The smallest absolute Gasteiger partial charge is 0.148 e. The summed E-state index contributed by atoms with van der Waals surface area (Å²) in [5.41, 5.74) is 2.27. The van der Waals surface area contributed by atoms with E-state index < -0.39 is 0 Å². The van der Waals surface area contributed by atoms with E-state index in [1.807, 2.05) is 19.1 Å². The van der Waals surface area contributed by atoms with Crippen LogP contribution in [0, 0.1) is 6.92 Å². The van der Waals surface area contributed by atoms with Crippen molar-refractivity contribution in [2.24, 2.45) is 0 Å². The standard InChI is InChI=1S/C15H16ClNO/c1-10(2)12-4-6-13(7-5-12)18-14-9-17-15(16)8-11(14)3/h4-10H,1-3H3. The summed E-state index contributed by atoms with van der Waals surface area (Å²) in [4.78, 5) is 4.02. The largest absolute Gasteiger partial charge is 0.455 e. The fourth-order valence-corrected chi connectivity index (χ4v) is 1.88. The Balaban J connectivity index is 2.18. The van der Waals surface area contributed by atoms with Gasteiger partial charge in [-0.3, -0.25) is 0 Å². The number of ether oxygens (including phenoxy) is 1. The molecule has 0 radical (unpaired) electrons. The van der Waals surface area contributed by atoms with Crippen molar-refractivity contribution >= 4 is 11.6 Å². The summed E-state index contributed by atoms with van der Waals surface area (Å²) in [7, 11) is 0. The second-order valence-corrected chi connectivity index (χ2v) is 4.99. The van der Waals surface area contributed by atoms with E-state index in [1.54, 1.807) is 12.3 Å². The van der Waals surface area contributed by atoms with Gasteiger partial charge in [-0.25, -0.2) is 4.98 Å². The highest BCUT2D eigenvalue weighted by Crippen LogP contribution is 2.26. The van der Waals surface area contributed by atoms with Crippen LogP contribution < -0.4 is 4.74 Å². The third-order valence-corrected chi connectivity index (χ3v) is 3.01. The molecule has 2 rings (SSSR count). The zero-order valence-electron chi connectivity index (χ0n) is 10.8. The van der Waals surface area contributed by atoms with Crippen LogP contribution in [0.5, 0.6) is 11.5 Å². The number of rotatable bonds is 3. The summed E-state index contributed by atoms with van der Waals surface area (Å²) >= 11 is 5.81. The Morgan fingerprint density at radius 2 is 1.83 bits per heavy atom. The van der Waals surface area contributed by atoms with Crippen molar-refractivity contribution in [2.45, 2.75) is 26.7 Å².